The van der Waals surface area contributed by atoms with Gasteiger partial charge in [0.2, 0.25) is 0 Å². The SMILES string of the molecule is OC[P+](CO)(CO)CC[P+](CO)(CO)CC[P+](CO)(CO)CO. The van der Waals surface area contributed by atoms with Crippen LogP contribution >= 0.6 is 21.8 Å². The van der Waals surface area contributed by atoms with Gasteiger partial charge in [-0.1, -0.05) is 0 Å². The van der Waals surface area contributed by atoms with Gasteiger partial charge in [-0.05, 0) is 0 Å². The standard InChI is InChI=1S/C12H32O8P3/c13-5-21(6-14,1-3-22(7-15,8-16)9-17)2-4-23(10-18,11-19)12-20/h13-20H,1-12H2/q+3. The molecule has 0 aliphatic rings. The summed E-state index contributed by atoms with van der Waals surface area (Å²) in [5.74, 6) is 0. The Morgan fingerprint density at radius 1 is 0.304 bits per heavy atom. The molecule has 0 aromatic carbocycles. The Morgan fingerprint density at radius 3 is 0.652 bits per heavy atom. The van der Waals surface area contributed by atoms with E-state index >= 15 is 0 Å². The summed E-state index contributed by atoms with van der Waals surface area (Å²) in [5.41, 5.74) is 0. The molecule has 11 heteroatoms. The van der Waals surface area contributed by atoms with Crippen molar-refractivity contribution < 1.29 is 40.9 Å². The Bertz CT molecular complexity index is 266. The first kappa shape index (κ1) is 24.0. The number of hydrogen-bond donors (Lipinski definition) is 8. The van der Waals surface area contributed by atoms with Crippen molar-refractivity contribution in [1.82, 2.24) is 0 Å². The van der Waals surface area contributed by atoms with E-state index in [-0.39, 0.29) is 50.8 Å². The summed E-state index contributed by atoms with van der Waals surface area (Å²) >= 11 is 0. The van der Waals surface area contributed by atoms with Crippen LogP contribution in [0.1, 0.15) is 0 Å². The third-order valence-corrected chi connectivity index (χ3v) is 14.7. The molecule has 140 valence electrons. The molecule has 23 heavy (non-hydrogen) atoms. The predicted octanol–water partition coefficient (Wildman–Crippen LogP) is -1.36. The minimum atomic E-state index is -2.31. The zero-order valence-corrected chi connectivity index (χ0v) is 16.1. The largest absolute Gasteiger partial charge is 0.362 e. The quantitative estimate of drug-likeness (QED) is 0.167. The molecule has 8 nitrogen and oxygen atoms in total. The molecule has 0 aromatic rings. The van der Waals surface area contributed by atoms with Gasteiger partial charge < -0.3 is 40.9 Å². The summed E-state index contributed by atoms with van der Waals surface area (Å²) in [6.45, 7) is 0. The summed E-state index contributed by atoms with van der Waals surface area (Å²) in [5, 5.41) is 76.0. The Hall–Kier alpha value is 0.970. The minimum absolute atomic E-state index is 0.228. The highest BCUT2D eigenvalue weighted by Gasteiger charge is 2.47. The van der Waals surface area contributed by atoms with Crippen LogP contribution in [0.3, 0.4) is 0 Å². The van der Waals surface area contributed by atoms with Crippen LogP contribution < -0.4 is 0 Å². The summed E-state index contributed by atoms with van der Waals surface area (Å²) in [4.78, 5) is 0. The monoisotopic (exact) mass is 397 g/mol. The fourth-order valence-electron chi connectivity index (χ4n) is 1.98. The van der Waals surface area contributed by atoms with Gasteiger partial charge in [-0.15, -0.1) is 0 Å². The number of aliphatic hydroxyl groups excluding tert-OH is 8. The number of aliphatic hydroxyl groups is 8. The molecule has 0 aliphatic carbocycles. The topological polar surface area (TPSA) is 162 Å². The van der Waals surface area contributed by atoms with E-state index in [2.05, 4.69) is 0 Å². The maximum Gasteiger partial charge on any atom is 0.158 e. The van der Waals surface area contributed by atoms with E-state index in [0.717, 1.165) is 0 Å². The molecule has 0 bridgehead atoms. The van der Waals surface area contributed by atoms with E-state index in [0.29, 0.717) is 24.6 Å². The molecular formula is C12H32O8P3+3. The Kier molecular flexibility index (Phi) is 12.0. The lowest BCUT2D eigenvalue weighted by Crippen LogP contribution is -2.23. The number of rotatable bonds is 14. The van der Waals surface area contributed by atoms with Gasteiger partial charge in [0, 0.05) is 0 Å². The van der Waals surface area contributed by atoms with Gasteiger partial charge in [0.15, 0.2) is 50.8 Å². The summed E-state index contributed by atoms with van der Waals surface area (Å²) in [6.07, 6.45) is -0.708. The fourth-order valence-corrected chi connectivity index (χ4v) is 11.0. The van der Waals surface area contributed by atoms with Crippen molar-refractivity contribution in [2.24, 2.45) is 0 Å². The second-order valence-electron chi connectivity index (χ2n) is 6.05. The van der Waals surface area contributed by atoms with Crippen LogP contribution in [0.25, 0.3) is 0 Å². The smallest absolute Gasteiger partial charge is 0.158 e. The van der Waals surface area contributed by atoms with E-state index in [4.69, 9.17) is 0 Å². The highest BCUT2D eigenvalue weighted by Crippen LogP contribution is 2.66. The summed E-state index contributed by atoms with van der Waals surface area (Å²) in [6, 6.07) is 0. The van der Waals surface area contributed by atoms with E-state index in [1.54, 1.807) is 0 Å². The van der Waals surface area contributed by atoms with Crippen LogP contribution in [0.5, 0.6) is 0 Å². The van der Waals surface area contributed by atoms with Crippen molar-refractivity contribution in [1.29, 1.82) is 0 Å². The van der Waals surface area contributed by atoms with Gasteiger partial charge in [0.25, 0.3) is 0 Å². The van der Waals surface area contributed by atoms with Crippen LogP contribution in [0, 0.1) is 0 Å². The average Bonchev–Trinajstić information content (AvgIpc) is 2.63. The molecule has 0 heterocycles. The molecule has 0 saturated heterocycles. The predicted molar refractivity (Wildman–Crippen MR) is 96.9 cm³/mol. The second-order valence-corrected chi connectivity index (χ2v) is 18.2. The minimum Gasteiger partial charge on any atom is -0.362 e. The van der Waals surface area contributed by atoms with Gasteiger partial charge >= 0.3 is 0 Å². The van der Waals surface area contributed by atoms with Gasteiger partial charge in [0.1, 0.15) is 0 Å². The van der Waals surface area contributed by atoms with E-state index in [9.17, 15) is 40.9 Å². The zero-order valence-electron chi connectivity index (χ0n) is 13.4. The molecule has 0 amide bonds. The molecule has 0 radical (unpaired) electrons. The van der Waals surface area contributed by atoms with Gasteiger partial charge in [-0.25, -0.2) is 0 Å². The maximum absolute atomic E-state index is 9.75. The van der Waals surface area contributed by atoms with Crippen LogP contribution in [0.15, 0.2) is 0 Å². The molecule has 0 saturated carbocycles. The molecule has 0 aromatic heterocycles. The molecule has 0 rings (SSSR count). The lowest BCUT2D eigenvalue weighted by molar-refractivity contribution is 0.311. The fraction of sp³-hybridized carbons (Fsp3) is 1.00. The summed E-state index contributed by atoms with van der Waals surface area (Å²) in [7, 11) is -6.86. The van der Waals surface area contributed by atoms with Gasteiger partial charge in [-0.2, -0.15) is 0 Å². The normalized spacial score (nSPS) is 13.6. The van der Waals surface area contributed by atoms with Crippen LogP contribution in [0.2, 0.25) is 0 Å². The van der Waals surface area contributed by atoms with Crippen molar-refractivity contribution in [3.63, 3.8) is 0 Å². The first-order valence-electron chi connectivity index (χ1n) is 7.32. The lowest BCUT2D eigenvalue weighted by atomic mass is 10.9. The molecule has 0 unspecified atom stereocenters. The van der Waals surface area contributed by atoms with Crippen LogP contribution in [-0.4, -0.2) is 116 Å². The Balaban J connectivity index is 4.99. The molecule has 0 fully saturated rings. The molecule has 0 atom stereocenters. The molecule has 8 N–H and O–H groups in total. The van der Waals surface area contributed by atoms with E-state index in [1.165, 1.54) is 0 Å². The van der Waals surface area contributed by atoms with Gasteiger partial charge in [0.05, 0.1) is 46.4 Å². The summed E-state index contributed by atoms with van der Waals surface area (Å²) < 4.78 is 0. The van der Waals surface area contributed by atoms with Crippen molar-refractivity contribution in [3.05, 3.63) is 0 Å². The highest BCUT2D eigenvalue weighted by molar-refractivity contribution is 7.80. The zero-order chi connectivity index (χ0) is 18.0. The van der Waals surface area contributed by atoms with Crippen molar-refractivity contribution >= 4 is 21.8 Å². The third-order valence-electron chi connectivity index (χ3n) is 4.50. The second kappa shape index (κ2) is 11.6. The molecule has 0 spiro atoms. The van der Waals surface area contributed by atoms with Crippen LogP contribution in [-0.2, 0) is 0 Å². The Morgan fingerprint density at radius 2 is 0.478 bits per heavy atom. The average molecular weight is 397 g/mol. The maximum atomic E-state index is 9.75. The first-order chi connectivity index (χ1) is 10.9. The molecular weight excluding hydrogens is 365 g/mol. The highest BCUT2D eigenvalue weighted by atomic mass is 31.2. The Labute approximate surface area is 138 Å². The van der Waals surface area contributed by atoms with Crippen molar-refractivity contribution in [2.45, 2.75) is 0 Å². The van der Waals surface area contributed by atoms with E-state index < -0.39 is 21.8 Å². The lowest BCUT2D eigenvalue weighted by Gasteiger charge is -2.28. The number of hydrogen-bond acceptors (Lipinski definition) is 8. The van der Waals surface area contributed by atoms with Gasteiger partial charge in [-0.3, -0.25) is 0 Å². The van der Waals surface area contributed by atoms with E-state index in [1.807, 2.05) is 0 Å². The first-order valence-corrected chi connectivity index (χ1v) is 14.9. The third kappa shape index (κ3) is 6.65. The van der Waals surface area contributed by atoms with Crippen molar-refractivity contribution in [2.75, 3.05) is 75.4 Å². The van der Waals surface area contributed by atoms with Crippen molar-refractivity contribution in [3.8, 4) is 0 Å². The van der Waals surface area contributed by atoms with Crippen LogP contribution in [0.4, 0.5) is 0 Å². The molecule has 0 aliphatic heterocycles.